The maximum Gasteiger partial charge on any atom is 0.223 e. The van der Waals surface area contributed by atoms with Gasteiger partial charge < -0.3 is 10.6 Å². The summed E-state index contributed by atoms with van der Waals surface area (Å²) in [6.45, 7) is 6.89. The Balaban J connectivity index is 2.68. The van der Waals surface area contributed by atoms with Crippen LogP contribution in [-0.2, 0) is 4.79 Å². The zero-order valence-electron chi connectivity index (χ0n) is 13.5. The van der Waals surface area contributed by atoms with Crippen molar-refractivity contribution in [3.05, 3.63) is 34.9 Å². The molecule has 0 fully saturated rings. The number of amides is 1. The highest BCUT2D eigenvalue weighted by molar-refractivity contribution is 6.30. The third-order valence-corrected chi connectivity index (χ3v) is 4.14. The fraction of sp³-hybridized carbons (Fsp3) is 0.588. The maximum atomic E-state index is 12.4. The Morgan fingerprint density at radius 3 is 2.52 bits per heavy atom. The molecule has 0 aliphatic carbocycles. The molecular formula is C17H27ClN2O. The minimum absolute atomic E-state index is 0.00803. The third kappa shape index (κ3) is 5.68. The van der Waals surface area contributed by atoms with Gasteiger partial charge in [-0.05, 0) is 49.4 Å². The predicted octanol–water partition coefficient (Wildman–Crippen LogP) is 3.87. The first kappa shape index (κ1) is 18.0. The molecule has 118 valence electrons. The highest BCUT2D eigenvalue weighted by atomic mass is 35.5. The van der Waals surface area contributed by atoms with Crippen LogP contribution >= 0.6 is 11.6 Å². The second kappa shape index (κ2) is 8.40. The van der Waals surface area contributed by atoms with Gasteiger partial charge in [-0.1, -0.05) is 37.6 Å². The summed E-state index contributed by atoms with van der Waals surface area (Å²) in [7, 11) is 1.84. The zero-order valence-corrected chi connectivity index (χ0v) is 14.2. The smallest absolute Gasteiger partial charge is 0.223 e. The molecule has 0 bridgehead atoms. The van der Waals surface area contributed by atoms with Crippen LogP contribution in [0, 0.1) is 11.8 Å². The summed E-state index contributed by atoms with van der Waals surface area (Å²) in [6.07, 6.45) is 1.50. The van der Waals surface area contributed by atoms with E-state index >= 15 is 0 Å². The van der Waals surface area contributed by atoms with Gasteiger partial charge in [-0.2, -0.15) is 0 Å². The van der Waals surface area contributed by atoms with E-state index in [1.165, 1.54) is 0 Å². The largest absolute Gasteiger partial charge is 0.339 e. The molecule has 0 aliphatic rings. The molecule has 0 radical (unpaired) electrons. The monoisotopic (exact) mass is 310 g/mol. The standard InChI is InChI=1S/C17H27ClN2O/c1-12(2)8-14(11-19)9-17(21)20(4)13(3)15-6-5-7-16(18)10-15/h5-7,10,12-14H,8-9,11,19H2,1-4H3/t13?,14-/m0/s1. The average Bonchev–Trinajstić information content (AvgIpc) is 2.44. The molecule has 1 unspecified atom stereocenters. The fourth-order valence-corrected chi connectivity index (χ4v) is 2.73. The Bertz CT molecular complexity index is 462. The lowest BCUT2D eigenvalue weighted by atomic mass is 9.93. The van der Waals surface area contributed by atoms with Crippen molar-refractivity contribution in [3.8, 4) is 0 Å². The lowest BCUT2D eigenvalue weighted by molar-refractivity contribution is -0.132. The van der Waals surface area contributed by atoms with Gasteiger partial charge >= 0.3 is 0 Å². The molecule has 2 atom stereocenters. The Hall–Kier alpha value is -1.06. The van der Waals surface area contributed by atoms with Gasteiger partial charge in [-0.15, -0.1) is 0 Å². The molecule has 0 saturated carbocycles. The molecule has 4 heteroatoms. The SMILES string of the molecule is CC(C)C[C@H](CN)CC(=O)N(C)C(C)c1cccc(Cl)c1. The van der Waals surface area contributed by atoms with E-state index in [2.05, 4.69) is 13.8 Å². The van der Waals surface area contributed by atoms with Crippen molar-refractivity contribution in [1.29, 1.82) is 0 Å². The summed E-state index contributed by atoms with van der Waals surface area (Å²) in [5.41, 5.74) is 6.84. The van der Waals surface area contributed by atoms with E-state index in [-0.39, 0.29) is 17.9 Å². The zero-order chi connectivity index (χ0) is 16.0. The number of carbonyl (C=O) groups is 1. The van der Waals surface area contributed by atoms with E-state index in [0.717, 1.165) is 12.0 Å². The van der Waals surface area contributed by atoms with Gasteiger partial charge in [0.15, 0.2) is 0 Å². The van der Waals surface area contributed by atoms with Crippen molar-refractivity contribution in [2.75, 3.05) is 13.6 Å². The summed E-state index contributed by atoms with van der Waals surface area (Å²) in [6, 6.07) is 7.66. The first-order chi connectivity index (χ1) is 9.85. The summed E-state index contributed by atoms with van der Waals surface area (Å²) in [4.78, 5) is 14.2. The number of benzene rings is 1. The highest BCUT2D eigenvalue weighted by Gasteiger charge is 2.21. The van der Waals surface area contributed by atoms with Crippen LogP contribution in [0.15, 0.2) is 24.3 Å². The summed E-state index contributed by atoms with van der Waals surface area (Å²) < 4.78 is 0. The van der Waals surface area contributed by atoms with Crippen LogP contribution in [0.3, 0.4) is 0 Å². The van der Waals surface area contributed by atoms with Crippen LogP contribution in [0.25, 0.3) is 0 Å². The van der Waals surface area contributed by atoms with Gasteiger partial charge in [0, 0.05) is 18.5 Å². The maximum absolute atomic E-state index is 12.4. The first-order valence-corrected chi connectivity index (χ1v) is 7.94. The van der Waals surface area contributed by atoms with Crippen molar-refractivity contribution in [2.24, 2.45) is 17.6 Å². The van der Waals surface area contributed by atoms with Crippen molar-refractivity contribution < 1.29 is 4.79 Å². The Kier molecular flexibility index (Phi) is 7.20. The third-order valence-electron chi connectivity index (χ3n) is 3.91. The Morgan fingerprint density at radius 2 is 2.00 bits per heavy atom. The van der Waals surface area contributed by atoms with Gasteiger partial charge in [0.2, 0.25) is 5.91 Å². The summed E-state index contributed by atoms with van der Waals surface area (Å²) in [5.74, 6) is 0.951. The normalized spacial score (nSPS) is 14.0. The Labute approximate surface area is 133 Å². The second-order valence-corrected chi connectivity index (χ2v) is 6.61. The molecule has 0 spiro atoms. The number of halogens is 1. The minimum atomic E-state index is 0.00803. The van der Waals surface area contributed by atoms with Gasteiger partial charge in [0.05, 0.1) is 6.04 Å². The van der Waals surface area contributed by atoms with Gasteiger partial charge in [0.1, 0.15) is 0 Å². The molecule has 0 aromatic heterocycles. The molecule has 2 N–H and O–H groups in total. The molecule has 3 nitrogen and oxygen atoms in total. The lowest BCUT2D eigenvalue weighted by Crippen LogP contribution is -2.32. The number of hydrogen-bond donors (Lipinski definition) is 1. The average molecular weight is 311 g/mol. The molecule has 0 heterocycles. The van der Waals surface area contributed by atoms with E-state index in [0.29, 0.717) is 23.9 Å². The number of nitrogens with zero attached hydrogens (tertiary/aromatic N) is 1. The van der Waals surface area contributed by atoms with Crippen LogP contribution in [0.1, 0.15) is 45.2 Å². The van der Waals surface area contributed by atoms with E-state index in [9.17, 15) is 4.79 Å². The summed E-state index contributed by atoms with van der Waals surface area (Å²) >= 11 is 6.02. The van der Waals surface area contributed by atoms with Gasteiger partial charge in [0.25, 0.3) is 0 Å². The van der Waals surface area contributed by atoms with E-state index in [1.54, 1.807) is 4.90 Å². The number of hydrogen-bond acceptors (Lipinski definition) is 2. The van der Waals surface area contributed by atoms with Crippen LogP contribution in [-0.4, -0.2) is 24.4 Å². The molecule has 1 rings (SSSR count). The first-order valence-electron chi connectivity index (χ1n) is 7.56. The molecule has 1 amide bonds. The molecule has 0 aliphatic heterocycles. The molecule has 21 heavy (non-hydrogen) atoms. The van der Waals surface area contributed by atoms with Crippen LogP contribution < -0.4 is 5.73 Å². The van der Waals surface area contributed by atoms with E-state index in [1.807, 2.05) is 38.2 Å². The topological polar surface area (TPSA) is 46.3 Å². The summed E-state index contributed by atoms with van der Waals surface area (Å²) in [5, 5.41) is 0.694. The van der Waals surface area contributed by atoms with Gasteiger partial charge in [-0.25, -0.2) is 0 Å². The van der Waals surface area contributed by atoms with Crippen molar-refractivity contribution in [3.63, 3.8) is 0 Å². The minimum Gasteiger partial charge on any atom is -0.339 e. The molecule has 1 aromatic carbocycles. The number of rotatable bonds is 7. The second-order valence-electron chi connectivity index (χ2n) is 6.17. The van der Waals surface area contributed by atoms with Crippen LogP contribution in [0.2, 0.25) is 5.02 Å². The lowest BCUT2D eigenvalue weighted by Gasteiger charge is -2.27. The van der Waals surface area contributed by atoms with Gasteiger partial charge in [-0.3, -0.25) is 4.79 Å². The Morgan fingerprint density at radius 1 is 1.33 bits per heavy atom. The van der Waals surface area contributed by atoms with Crippen molar-refractivity contribution in [2.45, 2.75) is 39.7 Å². The van der Waals surface area contributed by atoms with Crippen LogP contribution in [0.4, 0.5) is 0 Å². The highest BCUT2D eigenvalue weighted by Crippen LogP contribution is 2.24. The molecule has 0 saturated heterocycles. The fourth-order valence-electron chi connectivity index (χ4n) is 2.53. The van der Waals surface area contributed by atoms with E-state index < -0.39 is 0 Å². The number of nitrogens with two attached hydrogens (primary N) is 1. The molecular weight excluding hydrogens is 284 g/mol. The predicted molar refractivity (Wildman–Crippen MR) is 89.3 cm³/mol. The number of carbonyl (C=O) groups excluding carboxylic acids is 1. The van der Waals surface area contributed by atoms with Crippen LogP contribution in [0.5, 0.6) is 0 Å². The van der Waals surface area contributed by atoms with E-state index in [4.69, 9.17) is 17.3 Å². The molecule has 1 aromatic rings. The quantitative estimate of drug-likeness (QED) is 0.831. The van der Waals surface area contributed by atoms with Crippen molar-refractivity contribution >= 4 is 17.5 Å². The van der Waals surface area contributed by atoms with Crippen molar-refractivity contribution in [1.82, 2.24) is 4.90 Å².